The molecular weight excluding hydrogens is 324 g/mol. The Labute approximate surface area is 153 Å². The van der Waals surface area contributed by atoms with Gasteiger partial charge in [-0.3, -0.25) is 4.79 Å². The van der Waals surface area contributed by atoms with Crippen molar-refractivity contribution < 1.29 is 9.21 Å². The van der Waals surface area contributed by atoms with Gasteiger partial charge in [0.2, 0.25) is 11.8 Å². The molecule has 1 N–H and O–H groups in total. The first-order valence-electron chi connectivity index (χ1n) is 9.37. The fourth-order valence-corrected chi connectivity index (χ4v) is 5.75. The maximum atomic E-state index is 12.6. The van der Waals surface area contributed by atoms with Crippen LogP contribution in [0.15, 0.2) is 40.8 Å². The number of fused-ring (bicyclic) bond motifs is 4. The van der Waals surface area contributed by atoms with Crippen LogP contribution in [0.3, 0.4) is 0 Å². The number of benzene rings is 2. The molecule has 0 spiro atoms. The number of piperidine rings is 1. The molecule has 0 radical (unpaired) electrons. The van der Waals surface area contributed by atoms with Gasteiger partial charge in [0, 0.05) is 17.4 Å². The molecule has 1 amide bonds. The molecule has 4 heteroatoms. The number of aromatic nitrogens is 1. The highest BCUT2D eigenvalue weighted by Crippen LogP contribution is 2.56. The summed E-state index contributed by atoms with van der Waals surface area (Å²) < 4.78 is 6.27. The van der Waals surface area contributed by atoms with E-state index in [1.54, 1.807) is 0 Å². The lowest BCUT2D eigenvalue weighted by Crippen LogP contribution is -2.59. The van der Waals surface area contributed by atoms with Gasteiger partial charge in [0.1, 0.15) is 5.52 Å². The topological polar surface area (TPSA) is 55.1 Å². The van der Waals surface area contributed by atoms with Crippen LogP contribution in [0.1, 0.15) is 45.9 Å². The van der Waals surface area contributed by atoms with Crippen molar-refractivity contribution in [3.8, 4) is 0 Å². The number of amides is 1. The molecule has 4 nitrogen and oxygen atoms in total. The van der Waals surface area contributed by atoms with Gasteiger partial charge in [0.25, 0.3) is 0 Å². The number of hydrogen-bond acceptors (Lipinski definition) is 3. The second kappa shape index (κ2) is 4.87. The summed E-state index contributed by atoms with van der Waals surface area (Å²) in [6, 6.07) is 12.4. The minimum Gasteiger partial charge on any atom is -0.440 e. The molecule has 1 aliphatic carbocycles. The zero-order chi connectivity index (χ0) is 18.2. The van der Waals surface area contributed by atoms with Crippen LogP contribution in [0.25, 0.3) is 21.9 Å². The summed E-state index contributed by atoms with van der Waals surface area (Å²) in [6.07, 6.45) is 2.68. The minimum absolute atomic E-state index is 0.0844. The van der Waals surface area contributed by atoms with Crippen LogP contribution in [0.4, 0.5) is 0 Å². The molecule has 1 saturated heterocycles. The zero-order valence-electron chi connectivity index (χ0n) is 15.6. The molecule has 1 aromatic heterocycles. The molecule has 2 bridgehead atoms. The Hall–Kier alpha value is -2.36. The van der Waals surface area contributed by atoms with Gasteiger partial charge in [0.05, 0.1) is 0 Å². The van der Waals surface area contributed by atoms with Gasteiger partial charge in [-0.2, -0.15) is 0 Å². The lowest BCUT2D eigenvalue weighted by atomic mass is 9.52. The molecule has 1 saturated carbocycles. The monoisotopic (exact) mass is 348 g/mol. The largest absolute Gasteiger partial charge is 0.440 e. The highest BCUT2D eigenvalue weighted by molar-refractivity contribution is 5.94. The first-order valence-corrected chi connectivity index (χ1v) is 9.37. The maximum absolute atomic E-state index is 12.6. The summed E-state index contributed by atoms with van der Waals surface area (Å²) in [5, 5.41) is 5.44. The van der Waals surface area contributed by atoms with Crippen molar-refractivity contribution in [2.24, 2.45) is 10.8 Å². The third-order valence-corrected chi connectivity index (χ3v) is 6.41. The SMILES string of the molecule is CC1(c2nc3cc4ccccc4cc3o2)C[C@]2(C)CNC(=O)[C@](C)(C1)C2. The Morgan fingerprint density at radius 3 is 2.46 bits per heavy atom. The molecule has 2 aromatic carbocycles. The van der Waals surface area contributed by atoms with Crippen molar-refractivity contribution in [1.82, 2.24) is 10.3 Å². The number of rotatable bonds is 1. The van der Waals surface area contributed by atoms with Crippen LogP contribution in [-0.4, -0.2) is 17.4 Å². The number of carbonyl (C=O) groups excluding carboxylic acids is 1. The second-order valence-electron chi connectivity index (χ2n) is 9.33. The van der Waals surface area contributed by atoms with E-state index in [9.17, 15) is 4.79 Å². The van der Waals surface area contributed by atoms with E-state index in [2.05, 4.69) is 50.4 Å². The highest BCUT2D eigenvalue weighted by atomic mass is 16.3. The fraction of sp³-hybridized carbons (Fsp3) is 0.455. The standard InChI is InChI=1S/C22H24N2O2/c1-20-10-21(2,18(25)23-13-20)12-22(3,11-20)19-24-16-8-14-6-4-5-7-15(14)9-17(16)26-19/h4-9H,10-13H2,1-3H3,(H,23,25)/t20-,21+,22?/m1/s1. The average molecular weight is 348 g/mol. The van der Waals surface area contributed by atoms with E-state index in [0.29, 0.717) is 0 Å². The van der Waals surface area contributed by atoms with Crippen molar-refractivity contribution in [2.75, 3.05) is 6.54 Å². The fourth-order valence-electron chi connectivity index (χ4n) is 5.75. The smallest absolute Gasteiger partial charge is 0.226 e. The molecule has 134 valence electrons. The Kier molecular flexibility index (Phi) is 2.97. The van der Waals surface area contributed by atoms with Crippen molar-refractivity contribution in [3.63, 3.8) is 0 Å². The van der Waals surface area contributed by atoms with Crippen LogP contribution in [-0.2, 0) is 10.2 Å². The molecule has 2 aliphatic rings. The van der Waals surface area contributed by atoms with Crippen LogP contribution in [0.5, 0.6) is 0 Å². The van der Waals surface area contributed by atoms with Crippen molar-refractivity contribution >= 4 is 27.8 Å². The van der Waals surface area contributed by atoms with Crippen LogP contribution in [0.2, 0.25) is 0 Å². The minimum atomic E-state index is -0.356. The average Bonchev–Trinajstić information content (AvgIpc) is 2.99. The molecule has 2 fully saturated rings. The molecule has 2 heterocycles. The normalized spacial score (nSPS) is 34.2. The van der Waals surface area contributed by atoms with Crippen LogP contribution < -0.4 is 5.32 Å². The molecule has 3 atom stereocenters. The van der Waals surface area contributed by atoms with Gasteiger partial charge >= 0.3 is 0 Å². The molecule has 3 aromatic rings. The van der Waals surface area contributed by atoms with Gasteiger partial charge in [-0.15, -0.1) is 0 Å². The van der Waals surface area contributed by atoms with E-state index in [-0.39, 0.29) is 22.2 Å². The highest BCUT2D eigenvalue weighted by Gasteiger charge is 2.57. The first kappa shape index (κ1) is 15.9. The molecule has 1 aliphatic heterocycles. The summed E-state index contributed by atoms with van der Waals surface area (Å²) in [4.78, 5) is 17.4. The molecular formula is C22H24N2O2. The lowest BCUT2D eigenvalue weighted by molar-refractivity contribution is -0.143. The first-order chi connectivity index (χ1) is 12.3. The third kappa shape index (κ3) is 2.21. The Morgan fingerprint density at radius 2 is 1.69 bits per heavy atom. The van der Waals surface area contributed by atoms with Gasteiger partial charge in [-0.1, -0.05) is 45.0 Å². The van der Waals surface area contributed by atoms with E-state index >= 15 is 0 Å². The Morgan fingerprint density at radius 1 is 1.00 bits per heavy atom. The van der Waals surface area contributed by atoms with Crippen LogP contribution in [0, 0.1) is 10.8 Å². The predicted molar refractivity (Wildman–Crippen MR) is 102 cm³/mol. The van der Waals surface area contributed by atoms with E-state index < -0.39 is 0 Å². The maximum Gasteiger partial charge on any atom is 0.226 e. The van der Waals surface area contributed by atoms with Gasteiger partial charge in [0.15, 0.2) is 5.58 Å². The number of carbonyl (C=O) groups is 1. The van der Waals surface area contributed by atoms with Gasteiger partial charge < -0.3 is 9.73 Å². The number of hydrogen-bond donors (Lipinski definition) is 1. The molecule has 5 rings (SSSR count). The second-order valence-corrected chi connectivity index (χ2v) is 9.33. The zero-order valence-corrected chi connectivity index (χ0v) is 15.6. The lowest BCUT2D eigenvalue weighted by Gasteiger charge is -2.54. The summed E-state index contributed by atoms with van der Waals surface area (Å²) in [7, 11) is 0. The van der Waals surface area contributed by atoms with E-state index in [0.717, 1.165) is 48.2 Å². The van der Waals surface area contributed by atoms with E-state index in [4.69, 9.17) is 9.40 Å². The summed E-state index contributed by atoms with van der Waals surface area (Å²) >= 11 is 0. The number of oxazole rings is 1. The molecule has 1 unspecified atom stereocenters. The van der Waals surface area contributed by atoms with Gasteiger partial charge in [-0.25, -0.2) is 4.98 Å². The van der Waals surface area contributed by atoms with Crippen molar-refractivity contribution in [3.05, 3.63) is 42.3 Å². The van der Waals surface area contributed by atoms with E-state index in [1.807, 2.05) is 12.1 Å². The van der Waals surface area contributed by atoms with Crippen molar-refractivity contribution in [2.45, 2.75) is 45.4 Å². The summed E-state index contributed by atoms with van der Waals surface area (Å²) in [5.74, 6) is 0.942. The Bertz CT molecular complexity index is 1000. The quantitative estimate of drug-likeness (QED) is 0.701. The van der Waals surface area contributed by atoms with Gasteiger partial charge in [-0.05, 0) is 47.6 Å². The Balaban J connectivity index is 1.64. The van der Waals surface area contributed by atoms with E-state index in [1.165, 1.54) is 5.39 Å². The summed E-state index contributed by atoms with van der Waals surface area (Å²) in [6.45, 7) is 7.32. The molecule has 26 heavy (non-hydrogen) atoms. The number of nitrogens with zero attached hydrogens (tertiary/aromatic N) is 1. The van der Waals surface area contributed by atoms with Crippen LogP contribution >= 0.6 is 0 Å². The predicted octanol–water partition coefficient (Wildman–Crippen LogP) is 4.57. The summed E-state index contributed by atoms with van der Waals surface area (Å²) in [5.41, 5.74) is 1.22. The number of nitrogens with one attached hydrogen (secondary N) is 1. The van der Waals surface area contributed by atoms with Crippen molar-refractivity contribution in [1.29, 1.82) is 0 Å². The third-order valence-electron chi connectivity index (χ3n) is 6.41.